The standard InChI is InChI=1S/C19H27N5O3/c1-5-24-18(13(2)21-22-24)19(25)20-15-6-7-23(12-15)11-14-8-16(26-3)10-17(9-14)27-4/h8-10,15H,5-7,11-12H2,1-4H3,(H,20,25). The van der Waals surface area contributed by atoms with E-state index in [1.54, 1.807) is 18.9 Å². The average Bonchev–Trinajstić information content (AvgIpc) is 3.26. The number of carbonyl (C=O) groups is 1. The van der Waals surface area contributed by atoms with Crippen molar-refractivity contribution >= 4 is 5.91 Å². The number of aryl methyl sites for hydroxylation is 2. The number of methoxy groups -OCH3 is 2. The Morgan fingerprint density at radius 3 is 2.59 bits per heavy atom. The molecule has 2 heterocycles. The van der Waals surface area contributed by atoms with Crippen molar-refractivity contribution in [2.24, 2.45) is 0 Å². The second kappa shape index (κ2) is 8.39. The Bertz CT molecular complexity index is 782. The van der Waals surface area contributed by atoms with Crippen molar-refractivity contribution in [2.75, 3.05) is 27.3 Å². The van der Waals surface area contributed by atoms with Crippen LogP contribution in [0.4, 0.5) is 0 Å². The number of nitrogens with one attached hydrogen (secondary N) is 1. The van der Waals surface area contributed by atoms with Crippen LogP contribution in [-0.4, -0.2) is 59.2 Å². The molecule has 146 valence electrons. The van der Waals surface area contributed by atoms with Crippen molar-refractivity contribution in [3.8, 4) is 11.5 Å². The minimum absolute atomic E-state index is 0.103. The van der Waals surface area contributed by atoms with Crippen molar-refractivity contribution in [1.82, 2.24) is 25.2 Å². The molecule has 8 heteroatoms. The summed E-state index contributed by atoms with van der Waals surface area (Å²) in [5.41, 5.74) is 2.34. The second-order valence-electron chi connectivity index (χ2n) is 6.75. The third-order valence-electron chi connectivity index (χ3n) is 4.84. The summed E-state index contributed by atoms with van der Waals surface area (Å²) in [5.74, 6) is 1.46. The molecule has 0 bridgehead atoms. The van der Waals surface area contributed by atoms with Crippen LogP contribution in [0.3, 0.4) is 0 Å². The van der Waals surface area contributed by atoms with E-state index in [2.05, 4.69) is 20.5 Å². The molecule has 1 amide bonds. The van der Waals surface area contributed by atoms with E-state index in [9.17, 15) is 4.79 Å². The third-order valence-corrected chi connectivity index (χ3v) is 4.84. The van der Waals surface area contributed by atoms with Crippen molar-refractivity contribution in [3.05, 3.63) is 35.2 Å². The summed E-state index contributed by atoms with van der Waals surface area (Å²) in [7, 11) is 3.30. The lowest BCUT2D eigenvalue weighted by atomic mass is 10.2. The Hall–Kier alpha value is -2.61. The molecule has 1 aliphatic rings. The first-order chi connectivity index (χ1) is 13.0. The van der Waals surface area contributed by atoms with Crippen LogP contribution < -0.4 is 14.8 Å². The number of likely N-dealkylation sites (tertiary alicyclic amines) is 1. The van der Waals surface area contributed by atoms with Crippen LogP contribution >= 0.6 is 0 Å². The number of amides is 1. The van der Waals surface area contributed by atoms with Gasteiger partial charge in [0.1, 0.15) is 17.2 Å². The first-order valence-electron chi connectivity index (χ1n) is 9.19. The van der Waals surface area contributed by atoms with Crippen LogP contribution in [-0.2, 0) is 13.1 Å². The molecule has 27 heavy (non-hydrogen) atoms. The maximum atomic E-state index is 12.6. The Balaban J connectivity index is 1.60. The summed E-state index contributed by atoms with van der Waals surface area (Å²) in [6.45, 7) is 6.90. The maximum absolute atomic E-state index is 12.6. The molecule has 3 rings (SSSR count). The number of ether oxygens (including phenoxy) is 2. The van der Waals surface area contributed by atoms with Crippen LogP contribution in [0.25, 0.3) is 0 Å². The predicted molar refractivity (Wildman–Crippen MR) is 101 cm³/mol. The largest absolute Gasteiger partial charge is 0.497 e. The fraction of sp³-hybridized carbons (Fsp3) is 0.526. The van der Waals surface area contributed by atoms with E-state index in [0.717, 1.165) is 43.1 Å². The summed E-state index contributed by atoms with van der Waals surface area (Å²) < 4.78 is 12.3. The van der Waals surface area contributed by atoms with Gasteiger partial charge in [0, 0.05) is 38.3 Å². The van der Waals surface area contributed by atoms with Gasteiger partial charge in [-0.3, -0.25) is 9.69 Å². The zero-order valence-electron chi connectivity index (χ0n) is 16.4. The molecule has 0 saturated carbocycles. The zero-order valence-corrected chi connectivity index (χ0v) is 16.4. The van der Waals surface area contributed by atoms with E-state index in [0.29, 0.717) is 17.9 Å². The first-order valence-corrected chi connectivity index (χ1v) is 9.19. The van der Waals surface area contributed by atoms with E-state index in [-0.39, 0.29) is 11.9 Å². The summed E-state index contributed by atoms with van der Waals surface area (Å²) in [4.78, 5) is 15.0. The molecule has 1 fully saturated rings. The van der Waals surface area contributed by atoms with E-state index in [4.69, 9.17) is 9.47 Å². The third kappa shape index (κ3) is 4.39. The van der Waals surface area contributed by atoms with Crippen molar-refractivity contribution in [2.45, 2.75) is 39.4 Å². The van der Waals surface area contributed by atoms with Gasteiger partial charge in [0.05, 0.1) is 19.9 Å². The minimum atomic E-state index is -0.103. The number of nitrogens with zero attached hydrogens (tertiary/aromatic N) is 4. The predicted octanol–water partition coefficient (Wildman–Crippen LogP) is 1.63. The highest BCUT2D eigenvalue weighted by Crippen LogP contribution is 2.24. The summed E-state index contributed by atoms with van der Waals surface area (Å²) in [6.07, 6.45) is 0.916. The van der Waals surface area contributed by atoms with E-state index in [1.807, 2.05) is 32.0 Å². The van der Waals surface area contributed by atoms with Crippen molar-refractivity contribution in [3.63, 3.8) is 0 Å². The molecule has 1 unspecified atom stereocenters. The van der Waals surface area contributed by atoms with Gasteiger partial charge in [0.2, 0.25) is 0 Å². The molecule has 1 atom stereocenters. The van der Waals surface area contributed by atoms with Crippen LogP contribution in [0.1, 0.15) is 35.1 Å². The molecule has 1 aromatic heterocycles. The van der Waals surface area contributed by atoms with Crippen LogP contribution in [0.2, 0.25) is 0 Å². The van der Waals surface area contributed by atoms with E-state index < -0.39 is 0 Å². The molecule has 0 aliphatic carbocycles. The number of aromatic nitrogens is 3. The fourth-order valence-corrected chi connectivity index (χ4v) is 3.47. The monoisotopic (exact) mass is 373 g/mol. The summed E-state index contributed by atoms with van der Waals surface area (Å²) in [5, 5.41) is 11.1. The molecule has 1 saturated heterocycles. The second-order valence-corrected chi connectivity index (χ2v) is 6.75. The minimum Gasteiger partial charge on any atom is -0.497 e. The summed E-state index contributed by atoms with van der Waals surface area (Å²) >= 11 is 0. The highest BCUT2D eigenvalue weighted by molar-refractivity contribution is 5.93. The van der Waals surface area contributed by atoms with Gasteiger partial charge >= 0.3 is 0 Å². The van der Waals surface area contributed by atoms with Crippen molar-refractivity contribution < 1.29 is 14.3 Å². The highest BCUT2D eigenvalue weighted by Gasteiger charge is 2.26. The Kier molecular flexibility index (Phi) is 5.95. The number of hydrogen-bond donors (Lipinski definition) is 1. The maximum Gasteiger partial charge on any atom is 0.271 e. The van der Waals surface area contributed by atoms with Crippen molar-refractivity contribution in [1.29, 1.82) is 0 Å². The van der Waals surface area contributed by atoms with Gasteiger partial charge in [0.15, 0.2) is 0 Å². The molecular weight excluding hydrogens is 346 g/mol. The SMILES string of the molecule is CCn1nnc(C)c1C(=O)NC1CCN(Cc2cc(OC)cc(OC)c2)C1. The van der Waals surface area contributed by atoms with E-state index >= 15 is 0 Å². The lowest BCUT2D eigenvalue weighted by Gasteiger charge is -2.18. The molecule has 8 nitrogen and oxygen atoms in total. The average molecular weight is 373 g/mol. The zero-order chi connectivity index (χ0) is 19.4. The first kappa shape index (κ1) is 19.2. The molecule has 1 N–H and O–H groups in total. The lowest BCUT2D eigenvalue weighted by Crippen LogP contribution is -2.38. The number of benzene rings is 1. The van der Waals surface area contributed by atoms with Crippen LogP contribution in [0, 0.1) is 6.92 Å². The molecule has 0 radical (unpaired) electrons. The smallest absolute Gasteiger partial charge is 0.271 e. The number of carbonyl (C=O) groups excluding carboxylic acids is 1. The fourth-order valence-electron chi connectivity index (χ4n) is 3.47. The quantitative estimate of drug-likeness (QED) is 0.794. The number of hydrogen-bond acceptors (Lipinski definition) is 6. The molecule has 1 aromatic carbocycles. The van der Waals surface area contributed by atoms with Crippen LogP contribution in [0.5, 0.6) is 11.5 Å². The van der Waals surface area contributed by atoms with Gasteiger partial charge in [-0.25, -0.2) is 4.68 Å². The normalized spacial score (nSPS) is 17.1. The Labute approximate surface area is 159 Å². The van der Waals surface area contributed by atoms with Crippen LogP contribution in [0.15, 0.2) is 18.2 Å². The van der Waals surface area contributed by atoms with Gasteiger partial charge in [-0.05, 0) is 38.0 Å². The Morgan fingerprint density at radius 1 is 1.26 bits per heavy atom. The molecule has 2 aromatic rings. The lowest BCUT2D eigenvalue weighted by molar-refractivity contribution is 0.0926. The Morgan fingerprint density at radius 2 is 1.96 bits per heavy atom. The van der Waals surface area contributed by atoms with Gasteiger partial charge in [-0.1, -0.05) is 5.21 Å². The topological polar surface area (TPSA) is 81.5 Å². The highest BCUT2D eigenvalue weighted by atomic mass is 16.5. The molecular formula is C19H27N5O3. The molecule has 1 aliphatic heterocycles. The van der Waals surface area contributed by atoms with E-state index in [1.165, 1.54) is 0 Å². The van der Waals surface area contributed by atoms with Gasteiger partial charge in [0.25, 0.3) is 5.91 Å². The van der Waals surface area contributed by atoms with Gasteiger partial charge in [-0.2, -0.15) is 0 Å². The number of rotatable bonds is 7. The molecule has 0 spiro atoms. The summed E-state index contributed by atoms with van der Waals surface area (Å²) in [6, 6.07) is 6.01. The van der Waals surface area contributed by atoms with Gasteiger partial charge < -0.3 is 14.8 Å². The van der Waals surface area contributed by atoms with Gasteiger partial charge in [-0.15, -0.1) is 5.10 Å².